The summed E-state index contributed by atoms with van der Waals surface area (Å²) in [6.45, 7) is 5.92. The van der Waals surface area contributed by atoms with Gasteiger partial charge in [0.25, 0.3) is 0 Å². The molecule has 1 atom stereocenters. The first-order valence-electron chi connectivity index (χ1n) is 6.70. The minimum absolute atomic E-state index is 0.193. The molecule has 5 nitrogen and oxygen atoms in total. The molecule has 0 bridgehead atoms. The van der Waals surface area contributed by atoms with Crippen LogP contribution in [0, 0.1) is 3.57 Å². The van der Waals surface area contributed by atoms with Gasteiger partial charge < -0.3 is 9.47 Å². The van der Waals surface area contributed by atoms with Gasteiger partial charge in [-0.2, -0.15) is 0 Å². The van der Waals surface area contributed by atoms with Crippen molar-refractivity contribution in [3.63, 3.8) is 0 Å². The van der Waals surface area contributed by atoms with E-state index in [1.54, 1.807) is 20.8 Å². The van der Waals surface area contributed by atoms with Crippen LogP contribution in [0.3, 0.4) is 0 Å². The molecule has 1 saturated heterocycles. The Morgan fingerprint density at radius 3 is 2.52 bits per heavy atom. The van der Waals surface area contributed by atoms with Crippen molar-refractivity contribution >= 4 is 34.7 Å². The fourth-order valence-corrected chi connectivity index (χ4v) is 2.42. The molecule has 0 aliphatic carbocycles. The van der Waals surface area contributed by atoms with Crippen LogP contribution in [-0.4, -0.2) is 35.7 Å². The number of carbonyl (C=O) groups excluding carboxylic acids is 2. The number of halogens is 1. The van der Waals surface area contributed by atoms with Gasteiger partial charge in [0, 0.05) is 3.57 Å². The Kier molecular flexibility index (Phi) is 4.75. The van der Waals surface area contributed by atoms with Crippen LogP contribution in [0.25, 0.3) is 0 Å². The van der Waals surface area contributed by atoms with E-state index < -0.39 is 23.7 Å². The Balaban J connectivity index is 2.27. The number of hydrogen-bond donors (Lipinski definition) is 0. The van der Waals surface area contributed by atoms with Crippen LogP contribution in [0.5, 0.6) is 0 Å². The van der Waals surface area contributed by atoms with Crippen LogP contribution in [0.2, 0.25) is 0 Å². The summed E-state index contributed by atoms with van der Waals surface area (Å²) >= 11 is 2.19. The Labute approximate surface area is 137 Å². The molecule has 0 saturated carbocycles. The predicted molar refractivity (Wildman–Crippen MR) is 85.8 cm³/mol. The van der Waals surface area contributed by atoms with Crippen molar-refractivity contribution in [2.24, 2.45) is 0 Å². The van der Waals surface area contributed by atoms with Gasteiger partial charge in [0.2, 0.25) is 0 Å². The Morgan fingerprint density at radius 1 is 1.33 bits per heavy atom. The van der Waals surface area contributed by atoms with Gasteiger partial charge in [0.1, 0.15) is 12.2 Å². The molecule has 0 spiro atoms. The molecule has 1 fully saturated rings. The molecule has 1 aromatic carbocycles. The smallest absolute Gasteiger partial charge is 0.411 e. The van der Waals surface area contributed by atoms with E-state index in [9.17, 15) is 9.59 Å². The van der Waals surface area contributed by atoms with Crippen LogP contribution < -0.4 is 0 Å². The number of hydrogen-bond acceptors (Lipinski definition) is 4. The van der Waals surface area contributed by atoms with E-state index in [0.717, 1.165) is 9.13 Å². The second-order valence-corrected chi connectivity index (χ2v) is 7.04. The number of amides is 1. The van der Waals surface area contributed by atoms with Gasteiger partial charge in [-0.1, -0.05) is 12.1 Å². The summed E-state index contributed by atoms with van der Waals surface area (Å²) in [4.78, 5) is 25.8. The number of ether oxygens (including phenoxy) is 2. The van der Waals surface area contributed by atoms with Gasteiger partial charge in [-0.15, -0.1) is 0 Å². The molecule has 0 N–H and O–H groups in total. The van der Waals surface area contributed by atoms with E-state index in [-0.39, 0.29) is 6.61 Å². The maximum atomic E-state index is 12.3. The highest BCUT2D eigenvalue weighted by Crippen LogP contribution is 2.27. The fraction of sp³-hybridized carbons (Fsp3) is 0.467. The lowest BCUT2D eigenvalue weighted by molar-refractivity contribution is -0.157. The van der Waals surface area contributed by atoms with Crippen molar-refractivity contribution in [2.75, 3.05) is 13.2 Å². The summed E-state index contributed by atoms with van der Waals surface area (Å²) < 4.78 is 11.5. The average molecular weight is 403 g/mol. The normalized spacial score (nSPS) is 19.1. The number of esters is 1. The lowest BCUT2D eigenvalue weighted by Gasteiger charge is -2.35. The first-order valence-corrected chi connectivity index (χ1v) is 7.77. The maximum absolute atomic E-state index is 12.3. The fourth-order valence-electron chi connectivity index (χ4n) is 2.06. The van der Waals surface area contributed by atoms with Crippen molar-refractivity contribution in [2.45, 2.75) is 32.4 Å². The number of cyclic esters (lactones) is 1. The molecule has 1 amide bonds. The highest BCUT2D eigenvalue weighted by Gasteiger charge is 2.38. The Hall–Kier alpha value is -1.31. The van der Waals surface area contributed by atoms with Crippen molar-refractivity contribution < 1.29 is 19.1 Å². The monoisotopic (exact) mass is 403 g/mol. The molecule has 6 heteroatoms. The molecule has 1 heterocycles. The summed E-state index contributed by atoms with van der Waals surface area (Å²) in [6, 6.07) is 6.70. The minimum atomic E-state index is -0.745. The summed E-state index contributed by atoms with van der Waals surface area (Å²) in [7, 11) is 0. The molecule has 1 aromatic rings. The van der Waals surface area contributed by atoms with Crippen LogP contribution in [0.1, 0.15) is 32.4 Å². The molecular weight excluding hydrogens is 385 g/mol. The summed E-state index contributed by atoms with van der Waals surface area (Å²) in [5, 5.41) is 0. The Morgan fingerprint density at radius 2 is 1.95 bits per heavy atom. The number of rotatable bonds is 1. The molecule has 114 valence electrons. The standard InChI is InChI=1S/C15H18INO4/c1-15(2,3)21-14(19)17-8-9-20-13(18)12(17)10-4-6-11(16)7-5-10/h4-7,12H,8-9H2,1-3H3/t12-/m0/s1. The topological polar surface area (TPSA) is 55.8 Å². The zero-order chi connectivity index (χ0) is 15.6. The third kappa shape index (κ3) is 4.09. The summed E-state index contributed by atoms with van der Waals surface area (Å²) in [5.74, 6) is -0.423. The third-order valence-corrected chi connectivity index (χ3v) is 3.64. The zero-order valence-corrected chi connectivity index (χ0v) is 14.4. The van der Waals surface area contributed by atoms with Gasteiger partial charge in [-0.05, 0) is 61.1 Å². The largest absolute Gasteiger partial charge is 0.462 e. The van der Waals surface area contributed by atoms with E-state index in [1.165, 1.54) is 4.90 Å². The molecule has 1 aliphatic heterocycles. The molecule has 1 aliphatic rings. The lowest BCUT2D eigenvalue weighted by Crippen LogP contribution is -2.47. The van der Waals surface area contributed by atoms with E-state index >= 15 is 0 Å². The van der Waals surface area contributed by atoms with E-state index in [4.69, 9.17) is 9.47 Å². The third-order valence-electron chi connectivity index (χ3n) is 2.93. The molecule has 0 radical (unpaired) electrons. The number of nitrogens with zero attached hydrogens (tertiary/aromatic N) is 1. The lowest BCUT2D eigenvalue weighted by atomic mass is 10.0. The van der Waals surface area contributed by atoms with Gasteiger partial charge in [0.15, 0.2) is 6.04 Å². The van der Waals surface area contributed by atoms with Crippen LogP contribution in [0.4, 0.5) is 4.79 Å². The number of morpholine rings is 1. The molecule has 21 heavy (non-hydrogen) atoms. The average Bonchev–Trinajstić information content (AvgIpc) is 2.38. The van der Waals surface area contributed by atoms with Crippen molar-refractivity contribution in [1.29, 1.82) is 0 Å². The first-order chi connectivity index (χ1) is 9.78. The molecule has 0 unspecified atom stereocenters. The van der Waals surface area contributed by atoms with Crippen molar-refractivity contribution in [3.05, 3.63) is 33.4 Å². The van der Waals surface area contributed by atoms with Gasteiger partial charge in [-0.3, -0.25) is 4.90 Å². The van der Waals surface area contributed by atoms with E-state index in [1.807, 2.05) is 24.3 Å². The minimum Gasteiger partial charge on any atom is -0.462 e. The van der Waals surface area contributed by atoms with Crippen LogP contribution in [-0.2, 0) is 14.3 Å². The maximum Gasteiger partial charge on any atom is 0.411 e. The highest BCUT2D eigenvalue weighted by molar-refractivity contribution is 14.1. The SMILES string of the molecule is CC(C)(C)OC(=O)N1CCOC(=O)[C@@H]1c1ccc(I)cc1. The highest BCUT2D eigenvalue weighted by atomic mass is 127. The quantitative estimate of drug-likeness (QED) is 0.534. The molecule has 0 aromatic heterocycles. The van der Waals surface area contributed by atoms with Crippen molar-refractivity contribution in [1.82, 2.24) is 4.90 Å². The molecular formula is C15H18INO4. The zero-order valence-electron chi connectivity index (χ0n) is 12.3. The second-order valence-electron chi connectivity index (χ2n) is 5.80. The number of benzene rings is 1. The van der Waals surface area contributed by atoms with Gasteiger partial charge in [0.05, 0.1) is 6.54 Å². The van der Waals surface area contributed by atoms with Gasteiger partial charge in [-0.25, -0.2) is 9.59 Å². The van der Waals surface area contributed by atoms with E-state index in [0.29, 0.717) is 6.54 Å². The van der Waals surface area contributed by atoms with Crippen LogP contribution in [0.15, 0.2) is 24.3 Å². The summed E-state index contributed by atoms with van der Waals surface area (Å²) in [6.07, 6.45) is -0.497. The summed E-state index contributed by atoms with van der Waals surface area (Å²) in [5.41, 5.74) is 0.126. The Bertz CT molecular complexity index is 536. The van der Waals surface area contributed by atoms with Gasteiger partial charge >= 0.3 is 12.1 Å². The predicted octanol–water partition coefficient (Wildman–Crippen LogP) is 3.13. The van der Waals surface area contributed by atoms with E-state index in [2.05, 4.69) is 22.6 Å². The first kappa shape index (κ1) is 16.1. The molecule has 2 rings (SSSR count). The van der Waals surface area contributed by atoms with Crippen molar-refractivity contribution in [3.8, 4) is 0 Å². The number of carbonyl (C=O) groups is 2. The van der Waals surface area contributed by atoms with Crippen LogP contribution >= 0.6 is 22.6 Å². The second kappa shape index (κ2) is 6.21.